The molecule has 2 aromatic rings. The molecule has 2 aromatic carbocycles. The molecule has 0 spiro atoms. The summed E-state index contributed by atoms with van der Waals surface area (Å²) in [7, 11) is 0. The van der Waals surface area contributed by atoms with E-state index >= 15 is 0 Å². The number of aryl methyl sites for hydroxylation is 1. The minimum absolute atomic E-state index is 0.739. The normalized spacial score (nSPS) is 10.9. The topological polar surface area (TPSA) is 21.6 Å². The Kier molecular flexibility index (Phi) is 5.19. The van der Waals surface area contributed by atoms with E-state index in [1.165, 1.54) is 0 Å². The van der Waals surface area contributed by atoms with Crippen molar-refractivity contribution in [3.05, 3.63) is 58.6 Å². The summed E-state index contributed by atoms with van der Waals surface area (Å²) in [6, 6.07) is 13.7. The van der Waals surface area contributed by atoms with Crippen molar-refractivity contribution in [3.8, 4) is 5.75 Å². The number of nitrogens with zero attached hydrogens (tertiary/aromatic N) is 1. The van der Waals surface area contributed by atoms with E-state index in [1.54, 1.807) is 0 Å². The molecule has 104 valence electrons. The van der Waals surface area contributed by atoms with Crippen molar-refractivity contribution in [2.24, 2.45) is 4.99 Å². The van der Waals surface area contributed by atoms with Crippen LogP contribution in [0.1, 0.15) is 24.5 Å². The highest BCUT2D eigenvalue weighted by Gasteiger charge is 1.96. The molecule has 0 saturated carbocycles. The molecule has 0 aliphatic rings. The summed E-state index contributed by atoms with van der Waals surface area (Å²) in [5.41, 5.74) is 2.94. The highest BCUT2D eigenvalue weighted by Crippen LogP contribution is 2.22. The highest BCUT2D eigenvalue weighted by molar-refractivity contribution is 6.31. The van der Waals surface area contributed by atoms with Crippen LogP contribution in [-0.2, 0) is 0 Å². The van der Waals surface area contributed by atoms with Crippen molar-refractivity contribution in [1.29, 1.82) is 0 Å². The van der Waals surface area contributed by atoms with E-state index in [-0.39, 0.29) is 0 Å². The van der Waals surface area contributed by atoms with Gasteiger partial charge in [-0.15, -0.1) is 0 Å². The fourth-order valence-corrected chi connectivity index (χ4v) is 1.86. The number of rotatable bonds is 5. The van der Waals surface area contributed by atoms with Crippen molar-refractivity contribution >= 4 is 23.5 Å². The van der Waals surface area contributed by atoms with Crippen LogP contribution in [0.2, 0.25) is 5.02 Å². The van der Waals surface area contributed by atoms with Crippen LogP contribution in [0.3, 0.4) is 0 Å². The Labute approximate surface area is 125 Å². The summed E-state index contributed by atoms with van der Waals surface area (Å²) in [6.45, 7) is 4.81. The van der Waals surface area contributed by atoms with Crippen LogP contribution < -0.4 is 4.74 Å². The van der Waals surface area contributed by atoms with Gasteiger partial charge in [-0.3, -0.25) is 4.99 Å². The lowest BCUT2D eigenvalue weighted by Crippen LogP contribution is -1.94. The molecule has 0 bridgehead atoms. The van der Waals surface area contributed by atoms with Gasteiger partial charge in [0.2, 0.25) is 0 Å². The number of aliphatic imine (C=N–C) groups is 1. The summed E-state index contributed by atoms with van der Waals surface area (Å²) < 4.78 is 5.54. The van der Waals surface area contributed by atoms with Gasteiger partial charge >= 0.3 is 0 Å². The van der Waals surface area contributed by atoms with Crippen molar-refractivity contribution in [1.82, 2.24) is 0 Å². The third-order valence-electron chi connectivity index (χ3n) is 2.87. The first kappa shape index (κ1) is 14.6. The van der Waals surface area contributed by atoms with E-state index in [0.717, 1.165) is 40.6 Å². The number of benzene rings is 2. The molecule has 0 amide bonds. The molecule has 0 aliphatic carbocycles. The van der Waals surface area contributed by atoms with E-state index < -0.39 is 0 Å². The van der Waals surface area contributed by atoms with Gasteiger partial charge in [0, 0.05) is 11.2 Å². The zero-order chi connectivity index (χ0) is 14.4. The lowest BCUT2D eigenvalue weighted by atomic mass is 10.2. The first-order valence-corrected chi connectivity index (χ1v) is 7.10. The molecule has 0 fully saturated rings. The van der Waals surface area contributed by atoms with Gasteiger partial charge in [0.25, 0.3) is 0 Å². The molecule has 0 saturated heterocycles. The Balaban J connectivity index is 2.05. The molecule has 0 aromatic heterocycles. The molecular weight excluding hydrogens is 270 g/mol. The van der Waals surface area contributed by atoms with E-state index in [0.29, 0.717) is 0 Å². The predicted molar refractivity (Wildman–Crippen MR) is 85.7 cm³/mol. The highest BCUT2D eigenvalue weighted by atomic mass is 35.5. The molecule has 3 heteroatoms. The second-order valence-electron chi connectivity index (χ2n) is 4.61. The van der Waals surface area contributed by atoms with E-state index in [9.17, 15) is 0 Å². The monoisotopic (exact) mass is 287 g/mol. The molecule has 0 unspecified atom stereocenters. The second kappa shape index (κ2) is 7.11. The van der Waals surface area contributed by atoms with Crippen molar-refractivity contribution in [3.63, 3.8) is 0 Å². The third kappa shape index (κ3) is 4.10. The van der Waals surface area contributed by atoms with Gasteiger partial charge in [-0.25, -0.2) is 0 Å². The smallest absolute Gasteiger partial charge is 0.119 e. The van der Waals surface area contributed by atoms with Gasteiger partial charge < -0.3 is 4.74 Å². The van der Waals surface area contributed by atoms with Crippen LogP contribution >= 0.6 is 11.6 Å². The molecule has 0 aliphatic heterocycles. The number of ether oxygens (including phenoxy) is 1. The van der Waals surface area contributed by atoms with Crippen LogP contribution in [0.4, 0.5) is 5.69 Å². The molecule has 0 atom stereocenters. The number of hydrogen-bond donors (Lipinski definition) is 0. The summed E-state index contributed by atoms with van der Waals surface area (Å²) in [5, 5.41) is 0.739. The Bertz CT molecular complexity index is 590. The van der Waals surface area contributed by atoms with Gasteiger partial charge in [0.1, 0.15) is 5.75 Å². The summed E-state index contributed by atoms with van der Waals surface area (Å²) in [6.07, 6.45) is 2.84. The molecular formula is C17H18ClNO. The minimum Gasteiger partial charge on any atom is -0.494 e. The molecule has 0 N–H and O–H groups in total. The number of halogens is 1. The van der Waals surface area contributed by atoms with Crippen molar-refractivity contribution in [2.45, 2.75) is 20.3 Å². The van der Waals surface area contributed by atoms with Gasteiger partial charge in [-0.2, -0.15) is 0 Å². The molecule has 20 heavy (non-hydrogen) atoms. The molecule has 0 heterocycles. The predicted octanol–water partition coefficient (Wildman–Crippen LogP) is 5.19. The van der Waals surface area contributed by atoms with Gasteiger partial charge in [-0.1, -0.05) is 24.6 Å². The lowest BCUT2D eigenvalue weighted by Gasteiger charge is -2.04. The Morgan fingerprint density at radius 1 is 1.15 bits per heavy atom. The maximum absolute atomic E-state index is 6.07. The Morgan fingerprint density at radius 2 is 1.90 bits per heavy atom. The fourth-order valence-electron chi connectivity index (χ4n) is 1.68. The Morgan fingerprint density at radius 3 is 2.55 bits per heavy atom. The van der Waals surface area contributed by atoms with Crippen molar-refractivity contribution < 1.29 is 4.74 Å². The summed E-state index contributed by atoms with van der Waals surface area (Å²) >= 11 is 6.07. The largest absolute Gasteiger partial charge is 0.494 e. The first-order chi connectivity index (χ1) is 9.69. The quantitative estimate of drug-likeness (QED) is 0.694. The average molecular weight is 288 g/mol. The van der Waals surface area contributed by atoms with E-state index in [1.807, 2.05) is 55.6 Å². The zero-order valence-electron chi connectivity index (χ0n) is 11.8. The van der Waals surface area contributed by atoms with Crippen LogP contribution in [0.15, 0.2) is 47.5 Å². The maximum Gasteiger partial charge on any atom is 0.119 e. The lowest BCUT2D eigenvalue weighted by molar-refractivity contribution is 0.317. The first-order valence-electron chi connectivity index (χ1n) is 6.72. The summed E-state index contributed by atoms with van der Waals surface area (Å²) in [4.78, 5) is 4.42. The number of hydrogen-bond acceptors (Lipinski definition) is 2. The third-order valence-corrected chi connectivity index (χ3v) is 3.28. The van der Waals surface area contributed by atoms with Crippen LogP contribution in [0, 0.1) is 6.92 Å². The SMILES string of the molecule is CCCOc1ccc(C=Nc2ccc(C)c(Cl)c2)cc1. The van der Waals surface area contributed by atoms with Crippen LogP contribution in [0.25, 0.3) is 0 Å². The fraction of sp³-hybridized carbons (Fsp3) is 0.235. The molecule has 2 rings (SSSR count). The van der Waals surface area contributed by atoms with Gasteiger partial charge in [-0.05, 0) is 60.9 Å². The van der Waals surface area contributed by atoms with E-state index in [2.05, 4.69) is 11.9 Å². The molecule has 0 radical (unpaired) electrons. The van der Waals surface area contributed by atoms with Crippen molar-refractivity contribution in [2.75, 3.05) is 6.61 Å². The van der Waals surface area contributed by atoms with Crippen LogP contribution in [0.5, 0.6) is 5.75 Å². The average Bonchev–Trinajstić information content (AvgIpc) is 2.47. The van der Waals surface area contributed by atoms with Gasteiger partial charge in [0.05, 0.1) is 12.3 Å². The summed E-state index contributed by atoms with van der Waals surface area (Å²) in [5.74, 6) is 0.891. The molecule has 2 nitrogen and oxygen atoms in total. The minimum atomic E-state index is 0.739. The van der Waals surface area contributed by atoms with Crippen LogP contribution in [-0.4, -0.2) is 12.8 Å². The standard InChI is InChI=1S/C17H18ClNO/c1-3-10-20-16-8-5-14(6-9-16)12-19-15-7-4-13(2)17(18)11-15/h4-9,11-12H,3,10H2,1-2H3. The maximum atomic E-state index is 6.07. The zero-order valence-corrected chi connectivity index (χ0v) is 12.5. The van der Waals surface area contributed by atoms with E-state index in [4.69, 9.17) is 16.3 Å². The second-order valence-corrected chi connectivity index (χ2v) is 5.02. The van der Waals surface area contributed by atoms with Gasteiger partial charge in [0.15, 0.2) is 0 Å². The Hall–Kier alpha value is -1.80.